The maximum atomic E-state index is 12.4. The van der Waals surface area contributed by atoms with Gasteiger partial charge in [-0.1, -0.05) is 24.0 Å². The fourth-order valence-corrected chi connectivity index (χ4v) is 3.30. The van der Waals surface area contributed by atoms with Crippen LogP contribution >= 0.6 is 24.0 Å². The number of carbonyl (C=O) groups is 3. The number of hydrogen-bond acceptors (Lipinski definition) is 5. The van der Waals surface area contributed by atoms with Crippen molar-refractivity contribution in [3.63, 3.8) is 0 Å². The van der Waals surface area contributed by atoms with E-state index in [0.29, 0.717) is 0 Å². The van der Waals surface area contributed by atoms with Crippen molar-refractivity contribution >= 4 is 52.2 Å². The first-order chi connectivity index (χ1) is 10.3. The van der Waals surface area contributed by atoms with E-state index in [2.05, 4.69) is 0 Å². The minimum absolute atomic E-state index is 0.0408. The molecule has 0 aliphatic carbocycles. The molecule has 1 fully saturated rings. The van der Waals surface area contributed by atoms with Crippen LogP contribution in [0.1, 0.15) is 12.1 Å². The van der Waals surface area contributed by atoms with Gasteiger partial charge in [-0.2, -0.15) is 0 Å². The quantitative estimate of drug-likeness (QED) is 0.613. The van der Waals surface area contributed by atoms with Gasteiger partial charge >= 0.3 is 11.9 Å². The number of amides is 1. The van der Waals surface area contributed by atoms with Crippen molar-refractivity contribution in [3.8, 4) is 0 Å². The molecule has 2 rings (SSSR count). The van der Waals surface area contributed by atoms with Crippen LogP contribution in [-0.4, -0.2) is 47.9 Å². The molecule has 22 heavy (non-hydrogen) atoms. The van der Waals surface area contributed by atoms with E-state index in [9.17, 15) is 14.4 Å². The van der Waals surface area contributed by atoms with Crippen molar-refractivity contribution in [2.24, 2.45) is 7.05 Å². The van der Waals surface area contributed by atoms with Crippen molar-refractivity contribution < 1.29 is 24.6 Å². The van der Waals surface area contributed by atoms with Gasteiger partial charge in [0.05, 0.1) is 11.3 Å². The van der Waals surface area contributed by atoms with Gasteiger partial charge in [-0.05, 0) is 18.2 Å². The lowest BCUT2D eigenvalue weighted by Gasteiger charge is -2.21. The van der Waals surface area contributed by atoms with Crippen molar-refractivity contribution in [1.29, 1.82) is 0 Å². The highest BCUT2D eigenvalue weighted by atomic mass is 32.2. The maximum Gasteiger partial charge on any atom is 0.327 e. The molecule has 1 aromatic rings. The average molecular weight is 340 g/mol. The zero-order valence-electron chi connectivity index (χ0n) is 11.4. The molecule has 0 saturated carbocycles. The number of carboxylic acid groups (broad SMARTS) is 2. The number of aromatic nitrogens is 1. The molecule has 1 aliphatic heterocycles. The van der Waals surface area contributed by atoms with E-state index in [1.165, 1.54) is 0 Å². The van der Waals surface area contributed by atoms with Crippen LogP contribution in [0.3, 0.4) is 0 Å². The first-order valence-electron chi connectivity index (χ1n) is 6.14. The van der Waals surface area contributed by atoms with Gasteiger partial charge in [0.15, 0.2) is 0 Å². The zero-order chi connectivity index (χ0) is 16.4. The van der Waals surface area contributed by atoms with E-state index in [-0.39, 0.29) is 9.23 Å². The normalized spacial score (nSPS) is 18.0. The molecule has 0 radical (unpaired) electrons. The molecule has 1 amide bonds. The van der Waals surface area contributed by atoms with Gasteiger partial charge in [-0.25, -0.2) is 4.79 Å². The van der Waals surface area contributed by atoms with Gasteiger partial charge in [0.25, 0.3) is 5.91 Å². The predicted octanol–water partition coefficient (Wildman–Crippen LogP) is 1.15. The Morgan fingerprint density at radius 1 is 1.45 bits per heavy atom. The van der Waals surface area contributed by atoms with Gasteiger partial charge in [0, 0.05) is 18.9 Å². The predicted molar refractivity (Wildman–Crippen MR) is 84.1 cm³/mol. The molecule has 1 aliphatic rings. The largest absolute Gasteiger partial charge is 0.481 e. The Balaban J connectivity index is 2.32. The third-order valence-electron chi connectivity index (χ3n) is 3.05. The summed E-state index contributed by atoms with van der Waals surface area (Å²) >= 11 is 6.00. The van der Waals surface area contributed by atoms with Crippen LogP contribution in [0.15, 0.2) is 23.2 Å². The monoisotopic (exact) mass is 340 g/mol. The smallest absolute Gasteiger partial charge is 0.327 e. The summed E-state index contributed by atoms with van der Waals surface area (Å²) in [5, 5.41) is 18.0. The van der Waals surface area contributed by atoms with E-state index in [4.69, 9.17) is 22.4 Å². The Hall–Kier alpha value is -2.13. The Labute approximate surface area is 135 Å². The van der Waals surface area contributed by atoms with E-state index in [0.717, 1.165) is 22.4 Å². The molecule has 1 saturated heterocycles. The minimum atomic E-state index is -1.51. The summed E-state index contributed by atoms with van der Waals surface area (Å²) in [5.74, 6) is -3.31. The second-order valence-corrected chi connectivity index (χ2v) is 6.22. The third-order valence-corrected chi connectivity index (χ3v) is 4.38. The number of hydrogen-bond donors (Lipinski definition) is 2. The number of carboxylic acids is 2. The van der Waals surface area contributed by atoms with Gasteiger partial charge in [-0.3, -0.25) is 14.5 Å². The molecule has 2 N–H and O–H groups in total. The molecule has 1 unspecified atom stereocenters. The van der Waals surface area contributed by atoms with Gasteiger partial charge in [0.1, 0.15) is 10.4 Å². The van der Waals surface area contributed by atoms with Crippen LogP contribution < -0.4 is 0 Å². The second kappa shape index (κ2) is 6.32. The van der Waals surface area contributed by atoms with E-state index < -0.39 is 30.3 Å². The van der Waals surface area contributed by atoms with Crippen LogP contribution in [0.2, 0.25) is 0 Å². The molecule has 7 nitrogen and oxygen atoms in total. The first kappa shape index (κ1) is 16.2. The van der Waals surface area contributed by atoms with E-state index in [1.54, 1.807) is 36.0 Å². The lowest BCUT2D eigenvalue weighted by molar-refractivity contribution is -0.150. The summed E-state index contributed by atoms with van der Waals surface area (Å²) < 4.78 is 1.83. The molecular formula is C13H12N2O5S2. The van der Waals surface area contributed by atoms with Crippen LogP contribution in [0.5, 0.6) is 0 Å². The first-order valence-corrected chi connectivity index (χ1v) is 7.36. The number of thiocarbonyl (C=S) groups is 1. The SMILES string of the molecule is Cn1cccc1/C=C1/SC(=S)N(C(CC(=O)O)C(=O)O)C1=O. The number of carbonyl (C=O) groups excluding carboxylic acids is 1. The van der Waals surface area contributed by atoms with E-state index in [1.807, 2.05) is 0 Å². The molecule has 0 bridgehead atoms. The standard InChI is InChI=1S/C13H12N2O5S2/c1-14-4-2-3-7(14)5-9-11(18)15(13(21)22-9)8(12(19)20)6-10(16)17/h2-5,8H,6H2,1H3,(H,16,17)(H,19,20)/b9-5+. The molecular weight excluding hydrogens is 328 g/mol. The average Bonchev–Trinajstić information content (AvgIpc) is 2.93. The van der Waals surface area contributed by atoms with Crippen LogP contribution in [0.25, 0.3) is 6.08 Å². The van der Waals surface area contributed by atoms with Gasteiger partial charge < -0.3 is 14.8 Å². The zero-order valence-corrected chi connectivity index (χ0v) is 13.1. The van der Waals surface area contributed by atoms with Crippen molar-refractivity contribution in [1.82, 2.24) is 9.47 Å². The number of rotatable bonds is 5. The molecule has 0 spiro atoms. The Morgan fingerprint density at radius 2 is 2.14 bits per heavy atom. The van der Waals surface area contributed by atoms with Crippen LogP contribution in [0.4, 0.5) is 0 Å². The number of aliphatic carboxylic acids is 2. The van der Waals surface area contributed by atoms with Crippen molar-refractivity contribution in [3.05, 3.63) is 28.9 Å². The summed E-state index contributed by atoms with van der Waals surface area (Å²) in [4.78, 5) is 35.5. The third kappa shape index (κ3) is 3.20. The van der Waals surface area contributed by atoms with E-state index >= 15 is 0 Å². The maximum absolute atomic E-state index is 12.4. The second-order valence-electron chi connectivity index (χ2n) is 4.55. The molecule has 2 heterocycles. The van der Waals surface area contributed by atoms with Gasteiger partial charge in [0.2, 0.25) is 0 Å². The Morgan fingerprint density at radius 3 is 2.64 bits per heavy atom. The highest BCUT2D eigenvalue weighted by Gasteiger charge is 2.41. The lowest BCUT2D eigenvalue weighted by Crippen LogP contribution is -2.45. The minimum Gasteiger partial charge on any atom is -0.481 e. The molecule has 1 atom stereocenters. The van der Waals surface area contributed by atoms with Crippen molar-refractivity contribution in [2.75, 3.05) is 0 Å². The molecule has 9 heteroatoms. The van der Waals surface area contributed by atoms with Crippen LogP contribution in [-0.2, 0) is 21.4 Å². The fourth-order valence-electron chi connectivity index (χ4n) is 1.96. The summed E-state index contributed by atoms with van der Waals surface area (Å²) in [7, 11) is 1.80. The summed E-state index contributed by atoms with van der Waals surface area (Å²) in [6.07, 6.45) is 2.69. The summed E-state index contributed by atoms with van der Waals surface area (Å²) in [6, 6.07) is 2.08. The fraction of sp³-hybridized carbons (Fsp3) is 0.231. The van der Waals surface area contributed by atoms with Crippen LogP contribution in [0, 0.1) is 0 Å². The molecule has 1 aromatic heterocycles. The number of nitrogens with zero attached hydrogens (tertiary/aromatic N) is 2. The lowest BCUT2D eigenvalue weighted by atomic mass is 10.2. The number of aryl methyl sites for hydroxylation is 1. The highest BCUT2D eigenvalue weighted by molar-refractivity contribution is 8.26. The summed E-state index contributed by atoms with van der Waals surface area (Å²) in [5.41, 5.74) is 0.755. The highest BCUT2D eigenvalue weighted by Crippen LogP contribution is 2.34. The molecule has 116 valence electrons. The van der Waals surface area contributed by atoms with Crippen molar-refractivity contribution in [2.45, 2.75) is 12.5 Å². The Kier molecular flexibility index (Phi) is 4.67. The van der Waals surface area contributed by atoms with Gasteiger partial charge in [-0.15, -0.1) is 0 Å². The topological polar surface area (TPSA) is 99.8 Å². The number of thioether (sulfide) groups is 1. The summed E-state index contributed by atoms with van der Waals surface area (Å²) in [6.45, 7) is 0. The molecule has 0 aromatic carbocycles. The Bertz CT molecular complexity index is 694.